The second-order valence-corrected chi connectivity index (χ2v) is 2.40. The maximum Gasteiger partial charge on any atom is 0.218 e. The van der Waals surface area contributed by atoms with Crippen LogP contribution < -0.4 is 5.73 Å². The highest BCUT2D eigenvalue weighted by Crippen LogP contribution is 2.14. The number of rotatable bonds is 0. The van der Waals surface area contributed by atoms with Crippen LogP contribution in [0.2, 0.25) is 0 Å². The van der Waals surface area contributed by atoms with Crippen molar-refractivity contribution in [3.63, 3.8) is 0 Å². The molecule has 0 saturated carbocycles. The van der Waals surface area contributed by atoms with Gasteiger partial charge in [0.05, 0.1) is 0 Å². The summed E-state index contributed by atoms with van der Waals surface area (Å²) in [7, 11) is 0. The summed E-state index contributed by atoms with van der Waals surface area (Å²) in [5, 5.41) is 0. The Morgan fingerprint density at radius 2 is 2.20 bits per heavy atom. The summed E-state index contributed by atoms with van der Waals surface area (Å²) in [6, 6.07) is 0. The van der Waals surface area contributed by atoms with Crippen LogP contribution >= 0.6 is 0 Å². The number of nitrogens with zero attached hydrogens (tertiary/aromatic N) is 2. The van der Waals surface area contributed by atoms with Crippen LogP contribution in [0.4, 0.5) is 4.39 Å². The lowest BCUT2D eigenvalue weighted by Crippen LogP contribution is -2.28. The Labute approximate surface area is 58.9 Å². The second-order valence-electron chi connectivity index (χ2n) is 2.40. The van der Waals surface area contributed by atoms with E-state index < -0.39 is 6.30 Å². The quantitative estimate of drug-likeness (QED) is 0.499. The zero-order valence-corrected chi connectivity index (χ0v) is 6.00. The Kier molecular flexibility index (Phi) is 1.70. The van der Waals surface area contributed by atoms with E-state index in [1.807, 2.05) is 0 Å². The molecule has 0 fully saturated rings. The van der Waals surface area contributed by atoms with Gasteiger partial charge < -0.3 is 5.73 Å². The van der Waals surface area contributed by atoms with Crippen molar-refractivity contribution in [2.45, 2.75) is 20.1 Å². The van der Waals surface area contributed by atoms with Crippen LogP contribution in [0.1, 0.15) is 13.8 Å². The van der Waals surface area contributed by atoms with Gasteiger partial charge in [0.25, 0.3) is 0 Å². The smallest absolute Gasteiger partial charge is 0.218 e. The highest BCUT2D eigenvalue weighted by molar-refractivity contribution is 5.98. The normalized spacial score (nSPS) is 33.1. The molecule has 3 nitrogen and oxygen atoms in total. The van der Waals surface area contributed by atoms with Crippen molar-refractivity contribution in [2.75, 3.05) is 0 Å². The first-order valence-corrected chi connectivity index (χ1v) is 3.14. The SMILES string of the molecule is CC1=NC(N)=NC(F)C1C. The summed E-state index contributed by atoms with van der Waals surface area (Å²) in [6.07, 6.45) is -1.21. The van der Waals surface area contributed by atoms with Crippen molar-refractivity contribution in [1.29, 1.82) is 0 Å². The first-order chi connectivity index (χ1) is 4.61. The zero-order valence-electron chi connectivity index (χ0n) is 6.00. The Bertz CT molecular complexity index is 197. The third-order valence-corrected chi connectivity index (χ3v) is 1.62. The lowest BCUT2D eigenvalue weighted by molar-refractivity contribution is 0.295. The monoisotopic (exact) mass is 143 g/mol. The fourth-order valence-corrected chi connectivity index (χ4v) is 0.749. The molecule has 56 valence electrons. The molecule has 0 aliphatic carbocycles. The molecule has 1 aliphatic heterocycles. The highest BCUT2D eigenvalue weighted by Gasteiger charge is 2.21. The van der Waals surface area contributed by atoms with Crippen molar-refractivity contribution in [3.05, 3.63) is 0 Å². The van der Waals surface area contributed by atoms with E-state index in [0.717, 1.165) is 0 Å². The van der Waals surface area contributed by atoms with Crippen LogP contribution in [0.15, 0.2) is 9.98 Å². The van der Waals surface area contributed by atoms with Gasteiger partial charge in [0.1, 0.15) is 0 Å². The molecule has 0 bridgehead atoms. The van der Waals surface area contributed by atoms with Crippen LogP contribution in [0.25, 0.3) is 0 Å². The van der Waals surface area contributed by atoms with E-state index in [1.54, 1.807) is 13.8 Å². The van der Waals surface area contributed by atoms with Crippen molar-refractivity contribution in [2.24, 2.45) is 21.6 Å². The number of alkyl halides is 1. The van der Waals surface area contributed by atoms with E-state index in [1.165, 1.54) is 0 Å². The van der Waals surface area contributed by atoms with Crippen molar-refractivity contribution in [1.82, 2.24) is 0 Å². The number of halogens is 1. The van der Waals surface area contributed by atoms with Gasteiger partial charge in [0.2, 0.25) is 12.3 Å². The maximum atomic E-state index is 12.7. The number of hydrogen-bond acceptors (Lipinski definition) is 3. The average molecular weight is 143 g/mol. The van der Waals surface area contributed by atoms with Crippen LogP contribution in [0.5, 0.6) is 0 Å². The van der Waals surface area contributed by atoms with E-state index in [-0.39, 0.29) is 11.9 Å². The van der Waals surface area contributed by atoms with Crippen LogP contribution in [-0.4, -0.2) is 18.0 Å². The molecule has 0 spiro atoms. The van der Waals surface area contributed by atoms with Gasteiger partial charge in [0, 0.05) is 11.6 Å². The fourth-order valence-electron chi connectivity index (χ4n) is 0.749. The second kappa shape index (κ2) is 2.36. The molecule has 0 aromatic rings. The summed E-state index contributed by atoms with van der Waals surface area (Å²) in [5.41, 5.74) is 5.91. The van der Waals surface area contributed by atoms with E-state index in [2.05, 4.69) is 9.98 Å². The minimum atomic E-state index is -1.21. The van der Waals surface area contributed by atoms with E-state index in [9.17, 15) is 4.39 Å². The minimum Gasteiger partial charge on any atom is -0.368 e. The van der Waals surface area contributed by atoms with Gasteiger partial charge in [0.15, 0.2) is 0 Å². The van der Waals surface area contributed by atoms with Gasteiger partial charge in [-0.2, -0.15) is 0 Å². The Hall–Kier alpha value is -0.930. The van der Waals surface area contributed by atoms with Gasteiger partial charge in [-0.25, -0.2) is 14.4 Å². The number of aliphatic imine (C=N–C) groups is 2. The Morgan fingerprint density at radius 3 is 2.70 bits per heavy atom. The molecule has 2 N–H and O–H groups in total. The molecule has 0 saturated heterocycles. The van der Waals surface area contributed by atoms with Crippen molar-refractivity contribution in [3.8, 4) is 0 Å². The predicted molar refractivity (Wildman–Crippen MR) is 38.8 cm³/mol. The molecule has 2 unspecified atom stereocenters. The minimum absolute atomic E-state index is 0.0445. The van der Waals surface area contributed by atoms with Gasteiger partial charge in [-0.1, -0.05) is 6.92 Å². The highest BCUT2D eigenvalue weighted by atomic mass is 19.1. The van der Waals surface area contributed by atoms with Crippen LogP contribution in [0, 0.1) is 5.92 Å². The van der Waals surface area contributed by atoms with Crippen LogP contribution in [-0.2, 0) is 0 Å². The first-order valence-electron chi connectivity index (χ1n) is 3.14. The molecule has 0 radical (unpaired) electrons. The summed E-state index contributed by atoms with van der Waals surface area (Å²) < 4.78 is 12.7. The summed E-state index contributed by atoms with van der Waals surface area (Å²) in [5.74, 6) is -0.185. The lowest BCUT2D eigenvalue weighted by atomic mass is 10.1. The fraction of sp³-hybridized carbons (Fsp3) is 0.667. The van der Waals surface area contributed by atoms with E-state index in [0.29, 0.717) is 5.71 Å². The number of hydrogen-bond donors (Lipinski definition) is 1. The van der Waals surface area contributed by atoms with E-state index in [4.69, 9.17) is 5.73 Å². The largest absolute Gasteiger partial charge is 0.368 e. The summed E-state index contributed by atoms with van der Waals surface area (Å²) >= 11 is 0. The zero-order chi connectivity index (χ0) is 7.72. The van der Waals surface area contributed by atoms with Gasteiger partial charge >= 0.3 is 0 Å². The summed E-state index contributed by atoms with van der Waals surface area (Å²) in [6.45, 7) is 3.48. The molecule has 0 aromatic carbocycles. The molecule has 0 amide bonds. The molecule has 1 aliphatic rings. The maximum absolute atomic E-state index is 12.7. The van der Waals surface area contributed by atoms with Crippen molar-refractivity contribution >= 4 is 11.7 Å². The number of nitrogens with two attached hydrogens (primary N) is 1. The third-order valence-electron chi connectivity index (χ3n) is 1.62. The Morgan fingerprint density at radius 1 is 1.60 bits per heavy atom. The lowest BCUT2D eigenvalue weighted by Gasteiger charge is -2.16. The molecule has 1 rings (SSSR count). The first kappa shape index (κ1) is 7.18. The topological polar surface area (TPSA) is 50.7 Å². The average Bonchev–Trinajstić information content (AvgIpc) is 1.82. The molecular weight excluding hydrogens is 133 g/mol. The molecule has 10 heavy (non-hydrogen) atoms. The molecule has 2 atom stereocenters. The molecule has 0 aromatic heterocycles. The Balaban J connectivity index is 2.85. The number of guanidine groups is 1. The van der Waals surface area contributed by atoms with Crippen molar-refractivity contribution < 1.29 is 4.39 Å². The predicted octanol–water partition coefficient (Wildman–Crippen LogP) is 0.707. The van der Waals surface area contributed by atoms with E-state index >= 15 is 0 Å². The molecular formula is C6H10FN3. The molecule has 1 heterocycles. The van der Waals surface area contributed by atoms with Gasteiger partial charge in [-0.15, -0.1) is 0 Å². The molecule has 4 heteroatoms. The standard InChI is InChI=1S/C6H10FN3/c1-3-4(2)9-6(8)10-5(3)7/h3,5H,1-2H3,(H2,8,10). The summed E-state index contributed by atoms with van der Waals surface area (Å²) in [4.78, 5) is 7.27. The van der Waals surface area contributed by atoms with Gasteiger partial charge in [-0.3, -0.25) is 0 Å². The van der Waals surface area contributed by atoms with Gasteiger partial charge in [-0.05, 0) is 6.92 Å². The van der Waals surface area contributed by atoms with Crippen LogP contribution in [0.3, 0.4) is 0 Å². The third kappa shape index (κ3) is 1.15.